The summed E-state index contributed by atoms with van der Waals surface area (Å²) in [5.74, 6) is -0.262. The molecule has 0 saturated heterocycles. The normalized spacial score (nSPS) is 12.6. The van der Waals surface area contributed by atoms with Crippen molar-refractivity contribution < 1.29 is 13.2 Å². The first-order valence-corrected chi connectivity index (χ1v) is 9.86. The second-order valence-electron chi connectivity index (χ2n) is 6.29. The Bertz CT molecular complexity index is 867. The number of nitrogens with zero attached hydrogens (tertiary/aromatic N) is 1. The lowest BCUT2D eigenvalue weighted by atomic mass is 10.1. The molecule has 3 N–H and O–H groups in total. The molecule has 140 valence electrons. The SMILES string of the molecule is Cc1ccc(C(=O)N(C)C(C)CN)cc1S(=O)(=O)NCc1ccccc1. The third-order valence-electron chi connectivity index (χ3n) is 4.36. The smallest absolute Gasteiger partial charge is 0.253 e. The Labute approximate surface area is 155 Å². The number of carbonyl (C=O) groups excluding carboxylic acids is 1. The average Bonchev–Trinajstić information content (AvgIpc) is 2.65. The van der Waals surface area contributed by atoms with E-state index in [9.17, 15) is 13.2 Å². The average molecular weight is 375 g/mol. The largest absolute Gasteiger partial charge is 0.338 e. The molecule has 1 unspecified atom stereocenters. The van der Waals surface area contributed by atoms with Crippen LogP contribution in [0.4, 0.5) is 0 Å². The predicted molar refractivity (Wildman–Crippen MR) is 102 cm³/mol. The number of aryl methyl sites for hydroxylation is 1. The third kappa shape index (κ3) is 4.69. The molecule has 2 rings (SSSR count). The highest BCUT2D eigenvalue weighted by atomic mass is 32.2. The molecular formula is C19H25N3O3S. The summed E-state index contributed by atoms with van der Waals surface area (Å²) in [6, 6.07) is 13.8. The molecule has 0 aromatic heterocycles. The van der Waals surface area contributed by atoms with E-state index >= 15 is 0 Å². The molecule has 0 aliphatic carbocycles. The standard InChI is InChI=1S/C19H25N3O3S/c1-14-9-10-17(19(23)22(3)15(2)12-20)11-18(14)26(24,25)21-13-16-7-5-4-6-8-16/h4-11,15,21H,12-13,20H2,1-3H3. The minimum atomic E-state index is -3.74. The zero-order valence-corrected chi connectivity index (χ0v) is 16.1. The molecule has 0 spiro atoms. The van der Waals surface area contributed by atoms with Gasteiger partial charge in [-0.25, -0.2) is 13.1 Å². The number of rotatable bonds is 7. The first kappa shape index (κ1) is 20.1. The molecule has 1 atom stereocenters. The second-order valence-corrected chi connectivity index (χ2v) is 8.03. The maximum absolute atomic E-state index is 12.7. The van der Waals surface area contributed by atoms with Gasteiger partial charge in [0, 0.05) is 31.7 Å². The van der Waals surface area contributed by atoms with Gasteiger partial charge >= 0.3 is 0 Å². The molecular weight excluding hydrogens is 350 g/mol. The van der Waals surface area contributed by atoms with Crippen LogP contribution in [-0.2, 0) is 16.6 Å². The van der Waals surface area contributed by atoms with Crippen molar-refractivity contribution in [2.45, 2.75) is 31.3 Å². The monoisotopic (exact) mass is 375 g/mol. The molecule has 6 nitrogen and oxygen atoms in total. The Morgan fingerprint density at radius 3 is 2.46 bits per heavy atom. The van der Waals surface area contributed by atoms with Crippen LogP contribution >= 0.6 is 0 Å². The molecule has 0 bridgehead atoms. The lowest BCUT2D eigenvalue weighted by Gasteiger charge is -2.24. The summed E-state index contributed by atoms with van der Waals surface area (Å²) in [6.45, 7) is 4.06. The van der Waals surface area contributed by atoms with Crippen molar-refractivity contribution in [1.29, 1.82) is 0 Å². The van der Waals surface area contributed by atoms with Crippen LogP contribution in [0, 0.1) is 6.92 Å². The van der Waals surface area contributed by atoms with Gasteiger partial charge in [-0.1, -0.05) is 36.4 Å². The van der Waals surface area contributed by atoms with Crippen LogP contribution in [0.5, 0.6) is 0 Å². The molecule has 0 heterocycles. The van der Waals surface area contributed by atoms with Gasteiger partial charge in [0.05, 0.1) is 4.90 Å². The molecule has 7 heteroatoms. The highest BCUT2D eigenvalue weighted by Crippen LogP contribution is 2.19. The van der Waals surface area contributed by atoms with Crippen molar-refractivity contribution in [2.24, 2.45) is 5.73 Å². The van der Waals surface area contributed by atoms with Gasteiger partial charge in [0.1, 0.15) is 0 Å². The van der Waals surface area contributed by atoms with Crippen molar-refractivity contribution in [3.05, 3.63) is 65.2 Å². The minimum absolute atomic E-state index is 0.105. The van der Waals surface area contributed by atoms with E-state index in [0.29, 0.717) is 17.7 Å². The summed E-state index contributed by atoms with van der Waals surface area (Å²) in [6.07, 6.45) is 0. The maximum atomic E-state index is 12.7. The molecule has 0 aliphatic heterocycles. The van der Waals surface area contributed by atoms with Gasteiger partial charge in [0.15, 0.2) is 0 Å². The van der Waals surface area contributed by atoms with Crippen LogP contribution in [0.1, 0.15) is 28.4 Å². The van der Waals surface area contributed by atoms with Crippen molar-refractivity contribution in [1.82, 2.24) is 9.62 Å². The molecule has 0 fully saturated rings. The van der Waals surface area contributed by atoms with Crippen molar-refractivity contribution in [2.75, 3.05) is 13.6 Å². The van der Waals surface area contributed by atoms with Crippen molar-refractivity contribution in [3.63, 3.8) is 0 Å². The maximum Gasteiger partial charge on any atom is 0.253 e. The lowest BCUT2D eigenvalue weighted by molar-refractivity contribution is 0.0748. The van der Waals surface area contributed by atoms with Gasteiger partial charge in [-0.15, -0.1) is 0 Å². The Morgan fingerprint density at radius 1 is 1.19 bits per heavy atom. The van der Waals surface area contributed by atoms with Crippen LogP contribution in [-0.4, -0.2) is 38.9 Å². The van der Waals surface area contributed by atoms with Crippen molar-refractivity contribution >= 4 is 15.9 Å². The quantitative estimate of drug-likeness (QED) is 0.773. The fraction of sp³-hybridized carbons (Fsp3) is 0.316. The van der Waals surface area contributed by atoms with Crippen LogP contribution < -0.4 is 10.5 Å². The van der Waals surface area contributed by atoms with E-state index in [0.717, 1.165) is 5.56 Å². The van der Waals surface area contributed by atoms with Crippen LogP contribution in [0.25, 0.3) is 0 Å². The number of nitrogens with one attached hydrogen (secondary N) is 1. The summed E-state index contributed by atoms with van der Waals surface area (Å²) in [7, 11) is -2.09. The Hall–Kier alpha value is -2.22. The second kappa shape index (κ2) is 8.44. The molecule has 1 amide bonds. The first-order chi connectivity index (χ1) is 12.3. The molecule has 2 aromatic rings. The van der Waals surface area contributed by atoms with E-state index in [4.69, 9.17) is 5.73 Å². The molecule has 2 aromatic carbocycles. The van der Waals surface area contributed by atoms with Crippen molar-refractivity contribution in [3.8, 4) is 0 Å². The summed E-state index contributed by atoms with van der Waals surface area (Å²) in [5.41, 5.74) is 7.36. The van der Waals surface area contributed by atoms with Gasteiger partial charge in [0.2, 0.25) is 10.0 Å². The van der Waals surface area contributed by atoms with Gasteiger partial charge < -0.3 is 10.6 Å². The summed E-state index contributed by atoms with van der Waals surface area (Å²) in [4.78, 5) is 14.2. The van der Waals surface area contributed by atoms with Gasteiger partial charge in [-0.05, 0) is 37.1 Å². The Balaban J connectivity index is 2.26. The van der Waals surface area contributed by atoms with Gasteiger partial charge in [-0.3, -0.25) is 4.79 Å². The molecule has 0 saturated carbocycles. The zero-order valence-electron chi connectivity index (χ0n) is 15.3. The van der Waals surface area contributed by atoms with E-state index < -0.39 is 10.0 Å². The molecule has 26 heavy (non-hydrogen) atoms. The van der Waals surface area contributed by atoms with Crippen LogP contribution in [0.3, 0.4) is 0 Å². The van der Waals surface area contributed by atoms with Crippen LogP contribution in [0.2, 0.25) is 0 Å². The van der Waals surface area contributed by atoms with E-state index in [2.05, 4.69) is 4.72 Å². The molecule has 0 aliphatic rings. The number of nitrogens with two attached hydrogens (primary N) is 1. The number of sulfonamides is 1. The highest BCUT2D eigenvalue weighted by molar-refractivity contribution is 7.89. The zero-order chi connectivity index (χ0) is 19.3. The number of benzene rings is 2. The highest BCUT2D eigenvalue weighted by Gasteiger charge is 2.21. The fourth-order valence-electron chi connectivity index (χ4n) is 2.44. The van der Waals surface area contributed by atoms with E-state index in [1.165, 1.54) is 11.0 Å². The van der Waals surface area contributed by atoms with E-state index in [-0.39, 0.29) is 23.4 Å². The Morgan fingerprint density at radius 2 is 1.85 bits per heavy atom. The van der Waals surface area contributed by atoms with Gasteiger partial charge in [-0.2, -0.15) is 0 Å². The number of hydrogen-bond donors (Lipinski definition) is 2. The summed E-state index contributed by atoms with van der Waals surface area (Å²) in [5, 5.41) is 0. The number of amides is 1. The summed E-state index contributed by atoms with van der Waals surface area (Å²) >= 11 is 0. The third-order valence-corrected chi connectivity index (χ3v) is 5.90. The lowest BCUT2D eigenvalue weighted by Crippen LogP contribution is -2.39. The number of likely N-dealkylation sites (N-methyl/N-ethyl adjacent to an activating group) is 1. The number of hydrogen-bond acceptors (Lipinski definition) is 4. The van der Waals surface area contributed by atoms with E-state index in [1.807, 2.05) is 37.3 Å². The topological polar surface area (TPSA) is 92.5 Å². The predicted octanol–water partition coefficient (Wildman–Crippen LogP) is 1.89. The first-order valence-electron chi connectivity index (χ1n) is 8.37. The Kier molecular flexibility index (Phi) is 6.52. The fourth-order valence-corrected chi connectivity index (χ4v) is 3.72. The molecule has 0 radical (unpaired) electrons. The number of carbonyl (C=O) groups is 1. The summed E-state index contributed by atoms with van der Waals surface area (Å²) < 4.78 is 28.0. The van der Waals surface area contributed by atoms with E-state index in [1.54, 1.807) is 26.1 Å². The van der Waals surface area contributed by atoms with Gasteiger partial charge in [0.25, 0.3) is 5.91 Å². The van der Waals surface area contributed by atoms with Crippen LogP contribution in [0.15, 0.2) is 53.4 Å². The minimum Gasteiger partial charge on any atom is -0.338 e.